The monoisotopic (exact) mass is 519 g/mol. The van der Waals surface area contributed by atoms with Crippen molar-refractivity contribution in [2.75, 3.05) is 0 Å². The Kier molecular flexibility index (Phi) is 15.6. The van der Waals surface area contributed by atoms with Gasteiger partial charge in [-0.05, 0) is 86.9 Å². The van der Waals surface area contributed by atoms with E-state index in [2.05, 4.69) is 6.92 Å². The zero-order valence-electron chi connectivity index (χ0n) is 22.1. The topological polar surface area (TPSA) is 23.8 Å². The van der Waals surface area contributed by atoms with E-state index >= 15 is 0 Å². The summed E-state index contributed by atoms with van der Waals surface area (Å²) in [7, 11) is 0. The van der Waals surface area contributed by atoms with Crippen molar-refractivity contribution < 1.29 is 26.2 Å². The summed E-state index contributed by atoms with van der Waals surface area (Å²) in [5, 5.41) is 0. The van der Waals surface area contributed by atoms with E-state index in [1.54, 1.807) is 96.0 Å². The Morgan fingerprint density at radius 1 is 0.750 bits per heavy atom. The maximum absolute atomic E-state index is 6.94. The smallest absolute Gasteiger partial charge is 0.673 e. The van der Waals surface area contributed by atoms with Gasteiger partial charge in [-0.3, -0.25) is 6.08 Å². The molecule has 182 valence electrons. The van der Waals surface area contributed by atoms with Crippen LogP contribution >= 0.6 is 0 Å². The van der Waals surface area contributed by atoms with E-state index in [0.29, 0.717) is 0 Å². The second-order valence-electron chi connectivity index (χ2n) is 12.3. The zero-order chi connectivity index (χ0) is 22.7. The molecular weight excluding hydrogens is 466 g/mol. The Labute approximate surface area is 221 Å². The number of unbranched alkanes of at least 4 members (excludes halogenated alkanes) is 2. The summed E-state index contributed by atoms with van der Waals surface area (Å²) >= 11 is 0. The van der Waals surface area contributed by atoms with E-state index in [9.17, 15) is 0 Å². The second kappa shape index (κ2) is 16.3. The Morgan fingerprint density at radius 2 is 1.16 bits per heavy atom. The molecule has 0 spiro atoms. The molecule has 6 unspecified atom stereocenters. The predicted molar refractivity (Wildman–Crippen MR) is 138 cm³/mol. The number of nitrogens with one attached hydrogen (secondary N) is 1. The summed E-state index contributed by atoms with van der Waals surface area (Å²) in [6, 6.07) is 0. The van der Waals surface area contributed by atoms with Crippen molar-refractivity contribution in [3.05, 3.63) is 18.4 Å². The molecule has 0 aromatic rings. The van der Waals surface area contributed by atoms with Gasteiger partial charge in [0, 0.05) is 0 Å². The quantitative estimate of drug-likeness (QED) is 0.246. The van der Waals surface area contributed by atoms with Crippen LogP contribution in [0.2, 0.25) is 0 Å². The van der Waals surface area contributed by atoms with E-state index in [1.165, 1.54) is 12.8 Å². The summed E-state index contributed by atoms with van der Waals surface area (Å²) < 4.78 is 0. The fraction of sp³-hybridized carbons (Fsp3) is 0.933. The molecule has 0 amide bonds. The summed E-state index contributed by atoms with van der Waals surface area (Å²) in [4.78, 5) is 0. The number of fused-ring (bicyclic) bond motifs is 2. The van der Waals surface area contributed by atoms with Gasteiger partial charge in [-0.25, -0.2) is 0 Å². The van der Waals surface area contributed by atoms with Crippen LogP contribution in [0, 0.1) is 42.1 Å². The minimum atomic E-state index is -0.250. The average Bonchev–Trinajstić information content (AvgIpc) is 3.34. The Hall–Kier alpha value is 0.583. The molecule has 0 aliphatic heterocycles. The molecule has 4 aliphatic carbocycles. The van der Waals surface area contributed by atoms with Gasteiger partial charge in [0.1, 0.15) is 0 Å². The largest absolute Gasteiger partial charge is 4.00 e. The van der Waals surface area contributed by atoms with Gasteiger partial charge in [-0.2, -0.15) is 0 Å². The number of rotatable bonds is 6. The van der Waals surface area contributed by atoms with E-state index in [4.69, 9.17) is 12.3 Å². The van der Waals surface area contributed by atoms with Crippen LogP contribution in [0.25, 0.3) is 5.73 Å². The van der Waals surface area contributed by atoms with E-state index < -0.39 is 0 Å². The first-order valence-corrected chi connectivity index (χ1v) is 14.1. The van der Waals surface area contributed by atoms with Crippen LogP contribution in [0.3, 0.4) is 0 Å². The summed E-state index contributed by atoms with van der Waals surface area (Å²) in [6.07, 6.45) is 27.3. The van der Waals surface area contributed by atoms with Crippen molar-refractivity contribution in [1.29, 1.82) is 0 Å². The van der Waals surface area contributed by atoms with Crippen LogP contribution in [-0.2, 0) is 26.2 Å². The van der Waals surface area contributed by atoms with Crippen LogP contribution in [0.4, 0.5) is 0 Å². The van der Waals surface area contributed by atoms with Crippen LogP contribution < -0.4 is 0 Å². The minimum Gasteiger partial charge on any atom is -0.673 e. The Balaban J connectivity index is 0.000000361. The molecule has 0 aromatic heterocycles. The first-order valence-electron chi connectivity index (χ1n) is 14.1. The fourth-order valence-electron chi connectivity index (χ4n) is 7.18. The number of allylic oxidation sites excluding steroid dienone is 1. The molecule has 0 bridgehead atoms. The minimum absolute atomic E-state index is 0. The molecule has 2 heteroatoms. The molecule has 0 heterocycles. The average molecular weight is 521 g/mol. The van der Waals surface area contributed by atoms with Crippen LogP contribution in [-0.4, -0.2) is 5.54 Å². The molecule has 6 atom stereocenters. The standard InChI is InChI=1S/C20H34.C6H11.C4H10N.Zr/c1-3-7-19-15(5-1)9-11-17(19)13-14-18-12-10-16-6-2-4-8-20(16)18;1-3-5-6-4-2;1-4(2,3)5;/h15-20H,1-14H2;1,3H,4-6H2,2H3;5H,1-3H3;/q;2*-1;+4. The normalized spacial score (nSPS) is 33.4. The van der Waals surface area contributed by atoms with Crippen molar-refractivity contribution in [2.24, 2.45) is 35.5 Å². The van der Waals surface area contributed by atoms with Gasteiger partial charge >= 0.3 is 26.2 Å². The molecule has 4 rings (SSSR count). The fourth-order valence-corrected chi connectivity index (χ4v) is 7.18. The van der Waals surface area contributed by atoms with Gasteiger partial charge in [0.15, 0.2) is 0 Å². The molecule has 0 saturated heterocycles. The first kappa shape index (κ1) is 30.6. The van der Waals surface area contributed by atoms with Crippen molar-refractivity contribution in [3.63, 3.8) is 0 Å². The molecule has 4 saturated carbocycles. The van der Waals surface area contributed by atoms with Gasteiger partial charge in [-0.1, -0.05) is 85.5 Å². The molecule has 0 aromatic carbocycles. The zero-order valence-corrected chi connectivity index (χ0v) is 24.6. The third-order valence-electron chi connectivity index (χ3n) is 8.60. The Morgan fingerprint density at radius 3 is 1.50 bits per heavy atom. The third-order valence-corrected chi connectivity index (χ3v) is 8.60. The summed E-state index contributed by atoms with van der Waals surface area (Å²) in [6.45, 7) is 12.8. The maximum Gasteiger partial charge on any atom is 4.00 e. The van der Waals surface area contributed by atoms with Crippen LogP contribution in [0.5, 0.6) is 0 Å². The van der Waals surface area contributed by atoms with Crippen molar-refractivity contribution in [2.45, 2.75) is 142 Å². The molecule has 1 N–H and O–H groups in total. The predicted octanol–water partition coefficient (Wildman–Crippen LogP) is 10.2. The van der Waals surface area contributed by atoms with Crippen molar-refractivity contribution in [3.8, 4) is 0 Å². The molecule has 0 radical (unpaired) electrons. The second-order valence-corrected chi connectivity index (χ2v) is 12.3. The molecule has 4 aliphatic rings. The van der Waals surface area contributed by atoms with E-state index in [-0.39, 0.29) is 31.7 Å². The Bertz CT molecular complexity index is 444. The molecular formula is C30H55NZr+2. The SMILES string of the molecule is C1CCC2C(C1)CCC2CCC1CCC2CCCCC21.CC(C)(C)[NH-].[CH-]=CCCCC.[Zr+4]. The summed E-state index contributed by atoms with van der Waals surface area (Å²) in [5.41, 5.74) is 6.69. The number of hydrogen-bond donors (Lipinski definition) is 0. The number of hydrogen-bond acceptors (Lipinski definition) is 0. The van der Waals surface area contributed by atoms with Gasteiger partial charge < -0.3 is 12.3 Å². The van der Waals surface area contributed by atoms with E-state index in [0.717, 1.165) is 41.9 Å². The molecule has 1 nitrogen and oxygen atoms in total. The third kappa shape index (κ3) is 11.3. The first-order chi connectivity index (χ1) is 14.8. The molecule has 32 heavy (non-hydrogen) atoms. The maximum atomic E-state index is 6.94. The van der Waals surface area contributed by atoms with Crippen molar-refractivity contribution >= 4 is 0 Å². The van der Waals surface area contributed by atoms with Gasteiger partial charge in [0.2, 0.25) is 0 Å². The van der Waals surface area contributed by atoms with Gasteiger partial charge in [-0.15, -0.1) is 5.54 Å². The molecule has 4 fully saturated rings. The van der Waals surface area contributed by atoms with Crippen LogP contribution in [0.15, 0.2) is 6.08 Å². The van der Waals surface area contributed by atoms with Crippen molar-refractivity contribution in [1.82, 2.24) is 0 Å². The van der Waals surface area contributed by atoms with E-state index in [1.807, 2.05) is 20.8 Å². The van der Waals surface area contributed by atoms with Gasteiger partial charge in [0.05, 0.1) is 0 Å². The van der Waals surface area contributed by atoms with Gasteiger partial charge in [0.25, 0.3) is 0 Å². The van der Waals surface area contributed by atoms with Crippen LogP contribution in [0.1, 0.15) is 137 Å². The summed E-state index contributed by atoms with van der Waals surface area (Å²) in [5.74, 6) is 6.91.